The largest absolute Gasteiger partial charge is 0.421 e. The Morgan fingerprint density at radius 3 is 1.20 bits per heavy atom. The molecule has 15 heavy (non-hydrogen) atoms. The smallest absolute Gasteiger partial charge is 0.375 e. The van der Waals surface area contributed by atoms with Crippen molar-refractivity contribution in [1.29, 1.82) is 0 Å². The van der Waals surface area contributed by atoms with E-state index >= 15 is 0 Å². The van der Waals surface area contributed by atoms with Crippen LogP contribution in [0.2, 0.25) is 0 Å². The summed E-state index contributed by atoms with van der Waals surface area (Å²) < 4.78 is 96.2. The molecule has 2 unspecified atom stereocenters. The molecule has 9 heteroatoms. The summed E-state index contributed by atoms with van der Waals surface area (Å²) in [6.45, 7) is -3.31. The molecule has 0 aliphatic carbocycles. The third-order valence-corrected chi connectivity index (χ3v) is 1.24. The predicted octanol–water partition coefficient (Wildman–Crippen LogP) is 2.80. The fraction of sp³-hybridized carbons (Fsp3) is 1.00. The Labute approximate surface area is 79.0 Å². The van der Waals surface area contributed by atoms with Gasteiger partial charge in [-0.3, -0.25) is 0 Å². The summed E-state index contributed by atoms with van der Waals surface area (Å²) in [7, 11) is 0. The molecule has 1 nitrogen and oxygen atoms in total. The molecule has 0 spiro atoms. The van der Waals surface area contributed by atoms with E-state index in [9.17, 15) is 35.1 Å². The summed E-state index contributed by atoms with van der Waals surface area (Å²) in [5.74, 6) is 0. The summed E-state index contributed by atoms with van der Waals surface area (Å²) >= 11 is 0. The maximum atomic E-state index is 12.0. The minimum atomic E-state index is -5.22. The van der Waals surface area contributed by atoms with Crippen LogP contribution in [0.25, 0.3) is 0 Å². The van der Waals surface area contributed by atoms with Crippen LogP contribution in [-0.4, -0.2) is 37.9 Å². The van der Waals surface area contributed by atoms with Gasteiger partial charge in [0.1, 0.15) is 0 Å². The molecule has 0 fully saturated rings. The Hall–Kier alpha value is -0.600. The third-order valence-electron chi connectivity index (χ3n) is 1.24. The van der Waals surface area contributed by atoms with Gasteiger partial charge in [0.15, 0.2) is 0 Å². The van der Waals surface area contributed by atoms with E-state index in [0.717, 1.165) is 0 Å². The molecule has 0 aromatic heterocycles. The van der Waals surface area contributed by atoms with Gasteiger partial charge in [-0.05, 0) is 0 Å². The maximum absolute atomic E-state index is 12.0. The van der Waals surface area contributed by atoms with Gasteiger partial charge in [0.05, 0.1) is 13.2 Å². The van der Waals surface area contributed by atoms with E-state index in [4.69, 9.17) is 0 Å². The highest BCUT2D eigenvalue weighted by Crippen LogP contribution is 2.25. The molecule has 0 radical (unpaired) electrons. The van der Waals surface area contributed by atoms with Crippen molar-refractivity contribution in [2.24, 2.45) is 0 Å². The summed E-state index contributed by atoms with van der Waals surface area (Å²) in [4.78, 5) is 0. The number of hydrogen-bond acceptors (Lipinski definition) is 1. The summed E-state index contributed by atoms with van der Waals surface area (Å²) in [6, 6.07) is 0. The average molecular weight is 246 g/mol. The topological polar surface area (TPSA) is 9.23 Å². The van der Waals surface area contributed by atoms with Gasteiger partial charge in [0.2, 0.25) is 12.3 Å². The molecule has 0 saturated heterocycles. The van der Waals surface area contributed by atoms with Gasteiger partial charge in [-0.15, -0.1) is 0 Å². The molecule has 0 aromatic carbocycles. The predicted molar refractivity (Wildman–Crippen MR) is 32.7 cm³/mol. The first kappa shape index (κ1) is 14.4. The van der Waals surface area contributed by atoms with Gasteiger partial charge in [-0.25, -0.2) is 8.78 Å². The van der Waals surface area contributed by atoms with Gasteiger partial charge < -0.3 is 4.74 Å². The quantitative estimate of drug-likeness (QED) is 0.693. The minimum Gasteiger partial charge on any atom is -0.375 e. The Bertz CT molecular complexity index is 165. The number of rotatable bonds is 4. The molecule has 0 bridgehead atoms. The van der Waals surface area contributed by atoms with Gasteiger partial charge in [0, 0.05) is 0 Å². The fourth-order valence-corrected chi connectivity index (χ4v) is 0.464. The monoisotopic (exact) mass is 246 g/mol. The highest BCUT2D eigenvalue weighted by Gasteiger charge is 2.43. The average Bonchev–Trinajstić information content (AvgIpc) is 2.00. The number of ether oxygens (including phenoxy) is 1. The Morgan fingerprint density at radius 2 is 1.00 bits per heavy atom. The van der Waals surface area contributed by atoms with E-state index in [1.54, 1.807) is 0 Å². The molecule has 0 aromatic rings. The van der Waals surface area contributed by atoms with Crippen LogP contribution in [0.5, 0.6) is 0 Å². The van der Waals surface area contributed by atoms with Crippen LogP contribution < -0.4 is 0 Å². The van der Waals surface area contributed by atoms with Gasteiger partial charge in [-0.1, -0.05) is 0 Å². The van der Waals surface area contributed by atoms with E-state index in [-0.39, 0.29) is 0 Å². The van der Waals surface area contributed by atoms with E-state index < -0.39 is 37.9 Å². The van der Waals surface area contributed by atoms with E-state index in [2.05, 4.69) is 4.74 Å². The normalized spacial score (nSPS) is 17.6. The van der Waals surface area contributed by atoms with Crippen molar-refractivity contribution < 1.29 is 39.9 Å². The highest BCUT2D eigenvalue weighted by molar-refractivity contribution is 4.67. The fourth-order valence-electron chi connectivity index (χ4n) is 0.464. The molecule has 0 heterocycles. The van der Waals surface area contributed by atoms with Crippen molar-refractivity contribution in [2.45, 2.75) is 24.7 Å². The van der Waals surface area contributed by atoms with Crippen molar-refractivity contribution in [3.05, 3.63) is 0 Å². The first-order valence-corrected chi connectivity index (χ1v) is 3.54. The van der Waals surface area contributed by atoms with E-state index in [1.165, 1.54) is 0 Å². The number of alkyl halides is 8. The zero-order valence-electron chi connectivity index (χ0n) is 7.00. The SMILES string of the molecule is FC(COCC(F)C(F)(F)F)C(F)(F)F. The minimum absolute atomic E-state index is 1.65. The molecule has 0 amide bonds. The van der Waals surface area contributed by atoms with Crippen LogP contribution in [0.3, 0.4) is 0 Å². The van der Waals surface area contributed by atoms with Crippen LogP contribution in [-0.2, 0) is 4.74 Å². The lowest BCUT2D eigenvalue weighted by molar-refractivity contribution is -0.211. The molecule has 0 N–H and O–H groups in total. The lowest BCUT2D eigenvalue weighted by Crippen LogP contribution is -2.33. The van der Waals surface area contributed by atoms with Crippen LogP contribution in [0.1, 0.15) is 0 Å². The number of hydrogen-bond donors (Lipinski definition) is 0. The molecule has 0 rings (SSSR count). The second-order valence-electron chi connectivity index (χ2n) is 2.56. The molecule has 2 atom stereocenters. The standard InChI is InChI=1S/C6H6F8O/c7-3(5(9,10)11)1-15-2-4(8)6(12,13)14/h3-4H,1-2H2. The number of halogens is 8. The molecular formula is C6H6F8O. The lowest BCUT2D eigenvalue weighted by Gasteiger charge is -2.15. The first-order chi connectivity index (χ1) is 6.55. The molecule has 0 aliphatic rings. The second kappa shape index (κ2) is 4.95. The second-order valence-corrected chi connectivity index (χ2v) is 2.56. The molecule has 0 saturated carbocycles. The van der Waals surface area contributed by atoms with Crippen molar-refractivity contribution >= 4 is 0 Å². The highest BCUT2D eigenvalue weighted by atomic mass is 19.4. The van der Waals surface area contributed by atoms with Crippen LogP contribution in [0, 0.1) is 0 Å². The summed E-state index contributed by atoms with van der Waals surface area (Å²) in [5, 5.41) is 0. The van der Waals surface area contributed by atoms with Gasteiger partial charge >= 0.3 is 12.4 Å². The van der Waals surface area contributed by atoms with Gasteiger partial charge in [0.25, 0.3) is 0 Å². The van der Waals surface area contributed by atoms with Crippen LogP contribution in [0.4, 0.5) is 35.1 Å². The third kappa shape index (κ3) is 5.75. The zero-order chi connectivity index (χ0) is 12.3. The van der Waals surface area contributed by atoms with E-state index in [0.29, 0.717) is 0 Å². The zero-order valence-corrected chi connectivity index (χ0v) is 7.00. The Balaban J connectivity index is 3.81. The molecule has 92 valence electrons. The molecular weight excluding hydrogens is 240 g/mol. The first-order valence-electron chi connectivity index (χ1n) is 3.54. The molecule has 0 aliphatic heterocycles. The van der Waals surface area contributed by atoms with Gasteiger partial charge in [-0.2, -0.15) is 26.3 Å². The van der Waals surface area contributed by atoms with Crippen molar-refractivity contribution in [3.63, 3.8) is 0 Å². The van der Waals surface area contributed by atoms with Crippen molar-refractivity contribution in [1.82, 2.24) is 0 Å². The van der Waals surface area contributed by atoms with E-state index in [1.807, 2.05) is 0 Å². The lowest BCUT2D eigenvalue weighted by atomic mass is 10.4. The van der Waals surface area contributed by atoms with Crippen LogP contribution in [0.15, 0.2) is 0 Å². The van der Waals surface area contributed by atoms with Crippen molar-refractivity contribution in [2.75, 3.05) is 13.2 Å². The summed E-state index contributed by atoms with van der Waals surface area (Å²) in [5.41, 5.74) is 0. The Kier molecular flexibility index (Phi) is 4.75. The van der Waals surface area contributed by atoms with Crippen molar-refractivity contribution in [3.8, 4) is 0 Å². The maximum Gasteiger partial charge on any atom is 0.421 e. The Morgan fingerprint density at radius 1 is 0.733 bits per heavy atom. The summed E-state index contributed by atoms with van der Waals surface area (Å²) in [6.07, 6.45) is -17.3. The van der Waals surface area contributed by atoms with Crippen LogP contribution >= 0.6 is 0 Å².